The van der Waals surface area contributed by atoms with E-state index in [1.165, 1.54) is 25.3 Å². The van der Waals surface area contributed by atoms with Gasteiger partial charge in [0.25, 0.3) is 0 Å². The summed E-state index contributed by atoms with van der Waals surface area (Å²) in [4.78, 5) is 4.30. The molecule has 1 aromatic rings. The van der Waals surface area contributed by atoms with Crippen molar-refractivity contribution in [3.05, 3.63) is 29.6 Å². The molecule has 0 amide bonds. The van der Waals surface area contributed by atoms with Crippen LogP contribution in [0.15, 0.2) is 23.1 Å². The van der Waals surface area contributed by atoms with Gasteiger partial charge in [0.15, 0.2) is 9.84 Å². The molecule has 0 aromatic heterocycles. The average molecular weight is 233 g/mol. The molecule has 1 aromatic carbocycles. The maximum atomic E-state index is 13.3. The van der Waals surface area contributed by atoms with Crippen LogP contribution in [0.25, 0.3) is 0 Å². The predicted octanol–water partition coefficient (Wildman–Crippen LogP) is 0.880. The van der Waals surface area contributed by atoms with Crippen LogP contribution in [0, 0.1) is 5.82 Å². The number of sulfone groups is 1. The Hall–Kier alpha value is -0.980. The van der Waals surface area contributed by atoms with Crippen molar-refractivity contribution in [2.75, 3.05) is 13.4 Å². The molecule has 0 saturated carbocycles. The lowest BCUT2D eigenvalue weighted by molar-refractivity contribution is 0.0866. The maximum absolute atomic E-state index is 13.3. The molecule has 0 fully saturated rings. The number of benzene rings is 1. The van der Waals surface area contributed by atoms with E-state index in [2.05, 4.69) is 10.3 Å². The molecule has 1 rings (SSSR count). The normalized spacial score (nSPS) is 11.7. The van der Waals surface area contributed by atoms with Gasteiger partial charge in [-0.1, -0.05) is 6.07 Å². The first kappa shape index (κ1) is 12.1. The molecule has 84 valence electrons. The lowest BCUT2D eigenvalue weighted by atomic mass is 10.2. The Kier molecular flexibility index (Phi) is 3.78. The summed E-state index contributed by atoms with van der Waals surface area (Å²) in [5.74, 6) is -0.743. The van der Waals surface area contributed by atoms with Crippen molar-refractivity contribution in [1.82, 2.24) is 5.48 Å². The summed E-state index contributed by atoms with van der Waals surface area (Å²) >= 11 is 0. The largest absolute Gasteiger partial charge is 0.305 e. The van der Waals surface area contributed by atoms with Crippen molar-refractivity contribution in [3.8, 4) is 0 Å². The van der Waals surface area contributed by atoms with Crippen molar-refractivity contribution < 1.29 is 17.6 Å². The van der Waals surface area contributed by atoms with Crippen LogP contribution in [0.3, 0.4) is 0 Å². The average Bonchev–Trinajstić information content (AvgIpc) is 2.12. The van der Waals surface area contributed by atoms with Crippen LogP contribution in [-0.2, 0) is 21.2 Å². The van der Waals surface area contributed by atoms with Gasteiger partial charge in [-0.3, -0.25) is 0 Å². The monoisotopic (exact) mass is 233 g/mol. The number of nitrogens with one attached hydrogen (secondary N) is 1. The van der Waals surface area contributed by atoms with Crippen molar-refractivity contribution in [2.24, 2.45) is 0 Å². The van der Waals surface area contributed by atoms with Crippen molar-refractivity contribution in [2.45, 2.75) is 11.4 Å². The Bertz CT molecular complexity index is 445. The molecule has 0 spiro atoms. The molecule has 0 radical (unpaired) electrons. The molecule has 0 aliphatic carbocycles. The molecule has 4 nitrogen and oxygen atoms in total. The number of hydrogen-bond acceptors (Lipinski definition) is 4. The van der Waals surface area contributed by atoms with Gasteiger partial charge in [-0.25, -0.2) is 12.8 Å². The third kappa shape index (κ3) is 3.26. The van der Waals surface area contributed by atoms with E-state index in [9.17, 15) is 12.8 Å². The quantitative estimate of drug-likeness (QED) is 0.784. The smallest absolute Gasteiger partial charge is 0.178 e. The molecule has 0 heterocycles. The zero-order valence-corrected chi connectivity index (χ0v) is 9.27. The Labute approximate surface area is 87.9 Å². The van der Waals surface area contributed by atoms with E-state index in [0.717, 1.165) is 6.26 Å². The highest BCUT2D eigenvalue weighted by atomic mass is 32.2. The minimum Gasteiger partial charge on any atom is -0.305 e. The van der Waals surface area contributed by atoms with E-state index < -0.39 is 15.7 Å². The molecule has 1 N–H and O–H groups in total. The fourth-order valence-corrected chi connectivity index (χ4v) is 1.84. The number of hydrogen-bond donors (Lipinski definition) is 1. The third-order valence-corrected chi connectivity index (χ3v) is 2.95. The predicted molar refractivity (Wildman–Crippen MR) is 53.4 cm³/mol. The zero-order chi connectivity index (χ0) is 11.5. The molecule has 0 aliphatic rings. The van der Waals surface area contributed by atoms with Crippen molar-refractivity contribution in [1.29, 1.82) is 0 Å². The second-order valence-corrected chi connectivity index (χ2v) is 5.05. The van der Waals surface area contributed by atoms with Gasteiger partial charge in [0.2, 0.25) is 0 Å². The summed E-state index contributed by atoms with van der Waals surface area (Å²) in [6.45, 7) is 0.317. The van der Waals surface area contributed by atoms with Crippen molar-refractivity contribution in [3.63, 3.8) is 0 Å². The summed E-state index contributed by atoms with van der Waals surface area (Å²) in [6.07, 6.45) is 0.971. The summed E-state index contributed by atoms with van der Waals surface area (Å²) in [5, 5.41) is 0. The van der Waals surface area contributed by atoms with Crippen LogP contribution in [0.2, 0.25) is 0 Å². The fraction of sp³-hybridized carbons (Fsp3) is 0.333. The highest BCUT2D eigenvalue weighted by molar-refractivity contribution is 7.90. The summed E-state index contributed by atoms with van der Waals surface area (Å²) in [5.41, 5.74) is 3.15. The van der Waals surface area contributed by atoms with Crippen LogP contribution >= 0.6 is 0 Å². The van der Waals surface area contributed by atoms with Gasteiger partial charge >= 0.3 is 0 Å². The Balaban J connectivity index is 2.99. The topological polar surface area (TPSA) is 55.4 Å². The minimum absolute atomic E-state index is 0.288. The van der Waals surface area contributed by atoms with Crippen LogP contribution in [0.4, 0.5) is 4.39 Å². The fourth-order valence-electron chi connectivity index (χ4n) is 1.11. The summed E-state index contributed by atoms with van der Waals surface area (Å²) < 4.78 is 35.5. The lowest BCUT2D eigenvalue weighted by Gasteiger charge is -2.04. The number of rotatable bonds is 4. The van der Waals surface area contributed by atoms with E-state index in [1.54, 1.807) is 0 Å². The number of halogens is 1. The van der Waals surface area contributed by atoms with Gasteiger partial charge in [0.05, 0.1) is 7.11 Å². The van der Waals surface area contributed by atoms with Crippen LogP contribution < -0.4 is 5.48 Å². The second kappa shape index (κ2) is 4.69. The third-order valence-electron chi connectivity index (χ3n) is 1.82. The van der Waals surface area contributed by atoms with Crippen LogP contribution in [0.1, 0.15) is 5.56 Å². The number of hydroxylamine groups is 1. The van der Waals surface area contributed by atoms with Gasteiger partial charge in [0.1, 0.15) is 10.7 Å². The summed E-state index contributed by atoms with van der Waals surface area (Å²) in [6, 6.07) is 3.95. The van der Waals surface area contributed by atoms with E-state index >= 15 is 0 Å². The first-order valence-corrected chi connectivity index (χ1v) is 6.08. The molecule has 0 bridgehead atoms. The van der Waals surface area contributed by atoms with Gasteiger partial charge in [0, 0.05) is 12.8 Å². The molecule has 15 heavy (non-hydrogen) atoms. The highest BCUT2D eigenvalue weighted by Crippen LogP contribution is 2.15. The van der Waals surface area contributed by atoms with E-state index in [4.69, 9.17) is 0 Å². The highest BCUT2D eigenvalue weighted by Gasteiger charge is 2.13. The van der Waals surface area contributed by atoms with Gasteiger partial charge in [-0.2, -0.15) is 5.48 Å². The van der Waals surface area contributed by atoms with E-state index in [-0.39, 0.29) is 4.90 Å². The molecule has 6 heteroatoms. The van der Waals surface area contributed by atoms with Crippen LogP contribution in [0.5, 0.6) is 0 Å². The Morgan fingerprint density at radius 1 is 1.47 bits per heavy atom. The first-order chi connectivity index (χ1) is 6.95. The van der Waals surface area contributed by atoms with Crippen LogP contribution in [-0.4, -0.2) is 21.8 Å². The zero-order valence-electron chi connectivity index (χ0n) is 8.45. The van der Waals surface area contributed by atoms with Gasteiger partial charge in [-0.05, 0) is 17.7 Å². The molecule has 0 unspecified atom stereocenters. The molecule has 0 saturated heterocycles. The SMILES string of the molecule is CONCc1ccc(S(C)(=O)=O)c(F)c1. The Morgan fingerprint density at radius 3 is 2.60 bits per heavy atom. The standard InChI is InChI=1S/C9H12FNO3S/c1-14-11-6-7-3-4-9(8(10)5-7)15(2,12)13/h3-5,11H,6H2,1-2H3. The molecular weight excluding hydrogens is 221 g/mol. The second-order valence-electron chi connectivity index (χ2n) is 3.06. The van der Waals surface area contributed by atoms with E-state index in [0.29, 0.717) is 12.1 Å². The first-order valence-electron chi connectivity index (χ1n) is 4.19. The van der Waals surface area contributed by atoms with E-state index in [1.807, 2.05) is 0 Å². The molecular formula is C9H12FNO3S. The molecule has 0 atom stereocenters. The lowest BCUT2D eigenvalue weighted by Crippen LogP contribution is -2.11. The maximum Gasteiger partial charge on any atom is 0.178 e. The van der Waals surface area contributed by atoms with Crippen molar-refractivity contribution >= 4 is 9.84 Å². The van der Waals surface area contributed by atoms with Gasteiger partial charge in [-0.15, -0.1) is 0 Å². The summed E-state index contributed by atoms with van der Waals surface area (Å²) in [7, 11) is -2.05. The Morgan fingerprint density at radius 2 is 2.13 bits per heavy atom. The minimum atomic E-state index is -3.50. The molecule has 0 aliphatic heterocycles. The van der Waals surface area contributed by atoms with Gasteiger partial charge < -0.3 is 4.84 Å².